The van der Waals surface area contributed by atoms with E-state index in [0.717, 1.165) is 21.1 Å². The molecule has 0 amide bonds. The molecule has 0 saturated carbocycles. The van der Waals surface area contributed by atoms with Crippen LogP contribution in [0.3, 0.4) is 0 Å². The van der Waals surface area contributed by atoms with Crippen molar-refractivity contribution < 1.29 is 8.63 Å². The van der Waals surface area contributed by atoms with Gasteiger partial charge in [-0.05, 0) is 48.6 Å². The lowest BCUT2D eigenvalue weighted by Gasteiger charge is -2.04. The van der Waals surface area contributed by atoms with Crippen LogP contribution in [0.1, 0.15) is 17.0 Å². The second-order valence-electron chi connectivity index (χ2n) is 4.83. The average molecular weight is 317 g/mol. The number of benzene rings is 1. The van der Waals surface area contributed by atoms with E-state index in [0.29, 0.717) is 11.6 Å². The van der Waals surface area contributed by atoms with Crippen molar-refractivity contribution in [2.45, 2.75) is 24.5 Å². The summed E-state index contributed by atoms with van der Waals surface area (Å²) in [5.41, 5.74) is 2.35. The molecule has 0 aliphatic carbocycles. The summed E-state index contributed by atoms with van der Waals surface area (Å²) >= 11 is 1.60. The fourth-order valence-electron chi connectivity index (χ4n) is 1.96. The first-order chi connectivity index (χ1) is 10.1. The maximum atomic E-state index is 12.4. The molecule has 108 valence electrons. The largest absolute Gasteiger partial charge is 0.439 e. The number of hydrogen-bond acceptors (Lipinski definition) is 4. The molecule has 0 spiro atoms. The van der Waals surface area contributed by atoms with Gasteiger partial charge in [0.1, 0.15) is 5.75 Å². The third-order valence-corrected chi connectivity index (χ3v) is 5.49. The van der Waals surface area contributed by atoms with E-state index < -0.39 is 10.8 Å². The van der Waals surface area contributed by atoms with Gasteiger partial charge in [0, 0.05) is 4.90 Å². The maximum Gasteiger partial charge on any atom is 0.207 e. The Morgan fingerprint density at radius 1 is 1.24 bits per heavy atom. The van der Waals surface area contributed by atoms with E-state index in [-0.39, 0.29) is 0 Å². The Morgan fingerprint density at radius 2 is 2.10 bits per heavy atom. The molecule has 2 heterocycles. The smallest absolute Gasteiger partial charge is 0.207 e. The highest BCUT2D eigenvalue weighted by molar-refractivity contribution is 7.84. The van der Waals surface area contributed by atoms with E-state index in [1.54, 1.807) is 17.5 Å². The lowest BCUT2D eigenvalue weighted by molar-refractivity contribution is 0.528. The molecule has 0 N–H and O–H groups in total. The Balaban J connectivity index is 1.77. The van der Waals surface area contributed by atoms with Gasteiger partial charge in [-0.1, -0.05) is 12.1 Å². The normalized spacial score (nSPS) is 12.5. The second-order valence-corrected chi connectivity index (χ2v) is 7.23. The molecule has 5 heteroatoms. The highest BCUT2D eigenvalue weighted by Gasteiger charge is 2.12. The monoisotopic (exact) mass is 317 g/mol. The molecule has 0 saturated heterocycles. The zero-order valence-electron chi connectivity index (χ0n) is 11.8. The van der Waals surface area contributed by atoms with Crippen LogP contribution in [-0.2, 0) is 16.6 Å². The van der Waals surface area contributed by atoms with E-state index >= 15 is 0 Å². The predicted octanol–water partition coefficient (Wildman–Crippen LogP) is 4.33. The third kappa shape index (κ3) is 3.14. The van der Waals surface area contributed by atoms with Crippen molar-refractivity contribution >= 4 is 22.1 Å². The number of thiophene rings is 1. The number of rotatable bonds is 4. The predicted molar refractivity (Wildman–Crippen MR) is 85.8 cm³/mol. The Labute approximate surface area is 130 Å². The van der Waals surface area contributed by atoms with Gasteiger partial charge in [0.2, 0.25) is 5.89 Å². The fraction of sp³-hybridized carbons (Fsp3) is 0.188. The van der Waals surface area contributed by atoms with Gasteiger partial charge < -0.3 is 4.42 Å². The molecule has 1 atom stereocenters. The highest BCUT2D eigenvalue weighted by Crippen LogP contribution is 2.26. The van der Waals surface area contributed by atoms with Crippen molar-refractivity contribution in [2.75, 3.05) is 0 Å². The number of aromatic nitrogens is 1. The SMILES string of the molecule is Cc1ccc([S@](=O)Cc2ncc(-c3cccs3)o2)cc1C. The van der Waals surface area contributed by atoms with Crippen LogP contribution in [0.5, 0.6) is 0 Å². The molecule has 0 fully saturated rings. The van der Waals surface area contributed by atoms with Gasteiger partial charge >= 0.3 is 0 Å². The molecule has 0 bridgehead atoms. The highest BCUT2D eigenvalue weighted by atomic mass is 32.2. The molecule has 1 aromatic carbocycles. The number of hydrogen-bond donors (Lipinski definition) is 0. The van der Waals surface area contributed by atoms with Crippen molar-refractivity contribution in [1.29, 1.82) is 0 Å². The number of nitrogens with zero attached hydrogens (tertiary/aromatic N) is 1. The second kappa shape index (κ2) is 5.95. The van der Waals surface area contributed by atoms with Crippen molar-refractivity contribution in [1.82, 2.24) is 4.98 Å². The molecule has 0 unspecified atom stereocenters. The Morgan fingerprint density at radius 3 is 2.81 bits per heavy atom. The molecule has 0 aliphatic heterocycles. The maximum absolute atomic E-state index is 12.4. The van der Waals surface area contributed by atoms with Gasteiger partial charge in [0.15, 0.2) is 5.76 Å². The Bertz CT molecular complexity index is 775. The van der Waals surface area contributed by atoms with Gasteiger partial charge in [0.05, 0.1) is 21.9 Å². The summed E-state index contributed by atoms with van der Waals surface area (Å²) in [6.45, 7) is 4.07. The molecule has 0 radical (unpaired) electrons. The lowest BCUT2D eigenvalue weighted by Crippen LogP contribution is -1.97. The first kappa shape index (κ1) is 14.2. The van der Waals surface area contributed by atoms with Crippen molar-refractivity contribution in [2.24, 2.45) is 0 Å². The molecular formula is C16H15NO2S2. The topological polar surface area (TPSA) is 43.1 Å². The van der Waals surface area contributed by atoms with Crippen LogP contribution in [0, 0.1) is 13.8 Å². The van der Waals surface area contributed by atoms with E-state index in [2.05, 4.69) is 4.98 Å². The van der Waals surface area contributed by atoms with Gasteiger partial charge in [-0.25, -0.2) is 4.98 Å². The van der Waals surface area contributed by atoms with Crippen LogP contribution in [0.4, 0.5) is 0 Å². The number of aryl methyl sites for hydroxylation is 2. The molecule has 3 rings (SSSR count). The van der Waals surface area contributed by atoms with E-state index in [1.165, 1.54) is 5.56 Å². The summed E-state index contributed by atoms with van der Waals surface area (Å²) in [5.74, 6) is 1.54. The van der Waals surface area contributed by atoms with Crippen LogP contribution in [0.25, 0.3) is 10.6 Å². The van der Waals surface area contributed by atoms with Gasteiger partial charge in [-0.15, -0.1) is 11.3 Å². The van der Waals surface area contributed by atoms with E-state index in [1.807, 2.05) is 49.6 Å². The fourth-order valence-corrected chi connectivity index (χ4v) is 3.68. The molecule has 21 heavy (non-hydrogen) atoms. The molecule has 3 nitrogen and oxygen atoms in total. The first-order valence-corrected chi connectivity index (χ1v) is 8.77. The van der Waals surface area contributed by atoms with Crippen molar-refractivity contribution in [3.05, 3.63) is 58.9 Å². The van der Waals surface area contributed by atoms with Gasteiger partial charge in [-0.2, -0.15) is 0 Å². The van der Waals surface area contributed by atoms with E-state index in [9.17, 15) is 4.21 Å². The first-order valence-electron chi connectivity index (χ1n) is 6.57. The Kier molecular flexibility index (Phi) is 4.03. The van der Waals surface area contributed by atoms with Crippen LogP contribution >= 0.6 is 11.3 Å². The minimum atomic E-state index is -1.14. The van der Waals surface area contributed by atoms with E-state index in [4.69, 9.17) is 4.42 Å². The van der Waals surface area contributed by atoms with Crippen LogP contribution in [0.15, 0.2) is 51.2 Å². The summed E-state index contributed by atoms with van der Waals surface area (Å²) in [7, 11) is -1.14. The van der Waals surface area contributed by atoms with Gasteiger partial charge in [0.25, 0.3) is 0 Å². The minimum Gasteiger partial charge on any atom is -0.439 e. The number of oxazole rings is 1. The van der Waals surface area contributed by atoms with Gasteiger partial charge in [-0.3, -0.25) is 4.21 Å². The molecule has 2 aromatic heterocycles. The van der Waals surface area contributed by atoms with Crippen LogP contribution in [-0.4, -0.2) is 9.19 Å². The van der Waals surface area contributed by atoms with Crippen molar-refractivity contribution in [3.8, 4) is 10.6 Å². The van der Waals surface area contributed by atoms with Crippen LogP contribution < -0.4 is 0 Å². The van der Waals surface area contributed by atoms with Crippen molar-refractivity contribution in [3.63, 3.8) is 0 Å². The standard InChI is InChI=1S/C16H15NO2S2/c1-11-5-6-13(8-12(11)2)21(18)10-16-17-9-14(19-16)15-4-3-7-20-15/h3-9H,10H2,1-2H3/t21-/m1/s1. The van der Waals surface area contributed by atoms with Crippen LogP contribution in [0.2, 0.25) is 0 Å². The summed E-state index contributed by atoms with van der Waals surface area (Å²) in [5, 5.41) is 1.99. The molecular weight excluding hydrogens is 302 g/mol. The quantitative estimate of drug-likeness (QED) is 0.719. The summed E-state index contributed by atoms with van der Waals surface area (Å²) < 4.78 is 18.1. The lowest BCUT2D eigenvalue weighted by atomic mass is 10.1. The minimum absolute atomic E-state index is 0.299. The summed E-state index contributed by atoms with van der Waals surface area (Å²) in [6, 6.07) is 9.82. The molecule has 3 aromatic rings. The third-order valence-electron chi connectivity index (χ3n) is 3.31. The average Bonchev–Trinajstić information content (AvgIpc) is 3.12. The zero-order valence-corrected chi connectivity index (χ0v) is 13.5. The zero-order chi connectivity index (χ0) is 14.8. The Hall–Kier alpha value is -1.72. The summed E-state index contributed by atoms with van der Waals surface area (Å²) in [4.78, 5) is 6.07. The summed E-state index contributed by atoms with van der Waals surface area (Å²) in [6.07, 6.45) is 1.69. The molecule has 0 aliphatic rings.